The number of rotatable bonds is 6. The fourth-order valence-corrected chi connectivity index (χ4v) is 3.23. The van der Waals surface area contributed by atoms with Gasteiger partial charge < -0.3 is 0 Å². The normalized spacial score (nSPS) is 11.2. The van der Waals surface area contributed by atoms with Crippen LogP contribution in [-0.4, -0.2) is 32.9 Å². The first-order valence-electron chi connectivity index (χ1n) is 7.89. The highest BCUT2D eigenvalue weighted by atomic mass is 35.5. The van der Waals surface area contributed by atoms with E-state index in [4.69, 9.17) is 11.6 Å². The van der Waals surface area contributed by atoms with Crippen molar-refractivity contribution in [3.8, 4) is 0 Å². The van der Waals surface area contributed by atoms with E-state index in [1.165, 1.54) is 35.8 Å². The van der Waals surface area contributed by atoms with Crippen LogP contribution in [0.2, 0.25) is 5.02 Å². The van der Waals surface area contributed by atoms with Crippen molar-refractivity contribution >= 4 is 39.1 Å². The van der Waals surface area contributed by atoms with Crippen molar-refractivity contribution in [2.24, 2.45) is 0 Å². The average Bonchev–Trinajstić information content (AvgIpc) is 2.64. The second kappa shape index (κ2) is 9.14. The van der Waals surface area contributed by atoms with Gasteiger partial charge >= 0.3 is 12.3 Å². The molecule has 2 rings (SSSR count). The van der Waals surface area contributed by atoms with Gasteiger partial charge in [-0.25, -0.2) is 12.8 Å². The Kier molecular flexibility index (Phi) is 7.09. The maximum absolute atomic E-state index is 14.4. The lowest BCUT2D eigenvalue weighted by Crippen LogP contribution is -2.44. The van der Waals surface area contributed by atoms with Crippen LogP contribution in [0.5, 0.6) is 0 Å². The van der Waals surface area contributed by atoms with Crippen LogP contribution in [-0.2, 0) is 21.4 Å². The molecular formula is C17H15ClF3N3O4S. The quantitative estimate of drug-likeness (QED) is 0.662. The Labute approximate surface area is 169 Å². The number of nitrogens with zero attached hydrogens (tertiary/aromatic N) is 1. The summed E-state index contributed by atoms with van der Waals surface area (Å²) in [4.78, 5) is 22.6. The van der Waals surface area contributed by atoms with E-state index in [0.29, 0.717) is 5.02 Å². The third-order valence-corrected chi connectivity index (χ3v) is 5.03. The molecule has 0 aliphatic heterocycles. The second-order valence-electron chi connectivity index (χ2n) is 5.80. The van der Waals surface area contributed by atoms with E-state index in [9.17, 15) is 31.2 Å². The topological polar surface area (TPSA) is 95.6 Å². The number of hydrogen-bond acceptors (Lipinski definition) is 4. The van der Waals surface area contributed by atoms with Gasteiger partial charge in [0.2, 0.25) is 10.0 Å². The number of halogens is 4. The minimum absolute atomic E-state index is 0.0430. The van der Waals surface area contributed by atoms with E-state index in [2.05, 4.69) is 0 Å². The van der Waals surface area contributed by atoms with Crippen molar-refractivity contribution in [3.63, 3.8) is 0 Å². The van der Waals surface area contributed by atoms with E-state index >= 15 is 0 Å². The summed E-state index contributed by atoms with van der Waals surface area (Å²) in [5.41, 5.74) is 3.15. The number of hydrogen-bond donors (Lipinski definition) is 2. The maximum atomic E-state index is 14.4. The van der Waals surface area contributed by atoms with E-state index in [-0.39, 0.29) is 23.4 Å². The molecule has 0 atom stereocenters. The molecule has 7 nitrogen and oxygen atoms in total. The van der Waals surface area contributed by atoms with Gasteiger partial charge in [0.25, 0.3) is 5.91 Å². The Balaban J connectivity index is 2.21. The van der Waals surface area contributed by atoms with Crippen LogP contribution in [0.3, 0.4) is 0 Å². The average molecular weight is 450 g/mol. The van der Waals surface area contributed by atoms with Gasteiger partial charge in [-0.05, 0) is 36.4 Å². The number of benzene rings is 2. The number of sulfonamides is 1. The molecule has 12 heteroatoms. The number of carbonyl (C=O) groups excluding carboxylic acids is 2. The van der Waals surface area contributed by atoms with E-state index < -0.39 is 34.1 Å². The van der Waals surface area contributed by atoms with Crippen molar-refractivity contribution in [2.75, 3.05) is 10.6 Å². The molecule has 0 aliphatic carbocycles. The summed E-state index contributed by atoms with van der Waals surface area (Å²) < 4.78 is 63.8. The van der Waals surface area contributed by atoms with Crippen molar-refractivity contribution in [1.82, 2.24) is 10.9 Å². The molecule has 0 aromatic heterocycles. The molecule has 2 aromatic carbocycles. The third-order valence-electron chi connectivity index (χ3n) is 3.64. The van der Waals surface area contributed by atoms with E-state index in [0.717, 1.165) is 22.7 Å². The van der Waals surface area contributed by atoms with Crippen molar-refractivity contribution in [3.05, 3.63) is 64.4 Å². The third kappa shape index (κ3) is 6.09. The number of carbonyl (C=O) groups is 2. The fraction of sp³-hybridized carbons (Fsp3) is 0.176. The van der Waals surface area contributed by atoms with Crippen LogP contribution < -0.4 is 15.2 Å². The predicted molar refractivity (Wildman–Crippen MR) is 100 cm³/mol. The molecule has 2 amide bonds. The van der Waals surface area contributed by atoms with Crippen LogP contribution in [0.1, 0.15) is 15.9 Å². The number of alkyl halides is 2. The van der Waals surface area contributed by atoms with Crippen LogP contribution in [0, 0.1) is 5.82 Å². The lowest BCUT2D eigenvalue weighted by atomic mass is 10.1. The molecular weight excluding hydrogens is 435 g/mol. The molecule has 0 heterocycles. The largest absolute Gasteiger partial charge is 0.317 e. The highest BCUT2D eigenvalue weighted by Crippen LogP contribution is 2.24. The molecule has 0 saturated heterocycles. The number of nitrogens with one attached hydrogen (secondary N) is 2. The van der Waals surface area contributed by atoms with E-state index in [1.807, 2.05) is 0 Å². The summed E-state index contributed by atoms with van der Waals surface area (Å²) in [6, 6.07) is 8.99. The highest BCUT2D eigenvalue weighted by molar-refractivity contribution is 7.92. The Morgan fingerprint density at radius 2 is 1.72 bits per heavy atom. The number of anilines is 1. The molecule has 0 saturated carbocycles. The Morgan fingerprint density at radius 1 is 1.10 bits per heavy atom. The first-order valence-corrected chi connectivity index (χ1v) is 10.1. The lowest BCUT2D eigenvalue weighted by Gasteiger charge is -2.23. The zero-order chi connectivity index (χ0) is 21.8. The van der Waals surface area contributed by atoms with Gasteiger partial charge in [0.05, 0.1) is 18.5 Å². The van der Waals surface area contributed by atoms with E-state index in [1.54, 1.807) is 5.43 Å². The van der Waals surface area contributed by atoms with Gasteiger partial charge in [0.15, 0.2) is 0 Å². The van der Waals surface area contributed by atoms with Crippen molar-refractivity contribution < 1.29 is 31.2 Å². The van der Waals surface area contributed by atoms with Gasteiger partial charge in [0.1, 0.15) is 5.82 Å². The summed E-state index contributed by atoms with van der Waals surface area (Å²) in [5, 5.41) is 0.391. The van der Waals surface area contributed by atoms with Gasteiger partial charge in [-0.1, -0.05) is 17.7 Å². The zero-order valence-corrected chi connectivity index (χ0v) is 16.4. The first-order chi connectivity index (χ1) is 13.5. The summed E-state index contributed by atoms with van der Waals surface area (Å²) in [5.74, 6) is -3.65. The summed E-state index contributed by atoms with van der Waals surface area (Å²) >= 11 is 5.79. The molecule has 0 unspecified atom stereocenters. The van der Waals surface area contributed by atoms with Gasteiger partial charge in [-0.15, -0.1) is 0 Å². The highest BCUT2D eigenvalue weighted by Gasteiger charge is 2.21. The lowest BCUT2D eigenvalue weighted by molar-refractivity contribution is -0.132. The molecule has 0 aliphatic rings. The van der Waals surface area contributed by atoms with Crippen molar-refractivity contribution in [2.45, 2.75) is 13.0 Å². The standard InChI is InChI=1S/C17H15ClF3N3O4S/c1-29(27,28)24(13-6-4-12(18)5-7-13)9-11-3-2-10(8-14(11)19)16(25)22-23-17(26)15(20)21/h2-8,15H,9H2,1H3,(H,22,25)(H,23,26). The molecule has 29 heavy (non-hydrogen) atoms. The van der Waals surface area contributed by atoms with Gasteiger partial charge in [-0.3, -0.25) is 24.7 Å². The predicted octanol–water partition coefficient (Wildman–Crippen LogP) is 2.47. The Hall–Kier alpha value is -2.79. The van der Waals surface area contributed by atoms with Crippen LogP contribution in [0.4, 0.5) is 18.9 Å². The minimum Gasteiger partial charge on any atom is -0.267 e. The molecule has 2 aromatic rings. The molecule has 0 bridgehead atoms. The summed E-state index contributed by atoms with van der Waals surface area (Å²) in [6.45, 7) is -0.365. The van der Waals surface area contributed by atoms with Gasteiger partial charge in [0, 0.05) is 16.1 Å². The van der Waals surface area contributed by atoms with Crippen LogP contribution in [0.15, 0.2) is 42.5 Å². The first kappa shape index (κ1) is 22.5. The maximum Gasteiger partial charge on any atom is 0.317 e. The smallest absolute Gasteiger partial charge is 0.267 e. The summed E-state index contributed by atoms with van der Waals surface area (Å²) in [6.07, 6.45) is -2.38. The number of hydrazine groups is 1. The molecule has 0 spiro atoms. The van der Waals surface area contributed by atoms with Crippen LogP contribution >= 0.6 is 11.6 Å². The van der Waals surface area contributed by atoms with Crippen molar-refractivity contribution in [1.29, 1.82) is 0 Å². The Morgan fingerprint density at radius 3 is 2.24 bits per heavy atom. The van der Waals surface area contributed by atoms with Crippen LogP contribution in [0.25, 0.3) is 0 Å². The summed E-state index contributed by atoms with van der Waals surface area (Å²) in [7, 11) is -3.77. The number of amides is 2. The SMILES string of the molecule is CS(=O)(=O)N(Cc1ccc(C(=O)NNC(=O)C(F)F)cc1F)c1ccc(Cl)cc1. The molecule has 0 radical (unpaired) electrons. The molecule has 0 fully saturated rings. The minimum atomic E-state index is -3.77. The Bertz CT molecular complexity index is 1020. The zero-order valence-electron chi connectivity index (χ0n) is 14.8. The monoisotopic (exact) mass is 449 g/mol. The fourth-order valence-electron chi connectivity index (χ4n) is 2.22. The molecule has 156 valence electrons. The molecule has 2 N–H and O–H groups in total. The van der Waals surface area contributed by atoms with Gasteiger partial charge in [-0.2, -0.15) is 8.78 Å². The second-order valence-corrected chi connectivity index (χ2v) is 8.14.